The Morgan fingerprint density at radius 2 is 1.77 bits per heavy atom. The number of carbonyl (C=O) groups excluding carboxylic acids is 3. The van der Waals surface area contributed by atoms with Crippen LogP contribution >= 0.6 is 11.6 Å². The maximum atomic E-state index is 13.4. The first-order valence-electron chi connectivity index (χ1n) is 13.8. The van der Waals surface area contributed by atoms with E-state index in [4.69, 9.17) is 16.3 Å². The highest BCUT2D eigenvalue weighted by atomic mass is 35.5. The van der Waals surface area contributed by atoms with Gasteiger partial charge in [-0.05, 0) is 58.0 Å². The first kappa shape index (κ1) is 29.7. The van der Waals surface area contributed by atoms with Gasteiger partial charge < -0.3 is 19.9 Å². The summed E-state index contributed by atoms with van der Waals surface area (Å²) in [7, 11) is 0. The maximum Gasteiger partial charge on any atom is 0.410 e. The minimum absolute atomic E-state index is 0.122. The van der Waals surface area contributed by atoms with Crippen LogP contribution in [0.15, 0.2) is 60.8 Å². The summed E-state index contributed by atoms with van der Waals surface area (Å²) in [5, 5.41) is 7.93. The van der Waals surface area contributed by atoms with Gasteiger partial charge in [0.15, 0.2) is 5.82 Å². The lowest BCUT2D eigenvalue weighted by atomic mass is 10.1. The fourth-order valence-electron chi connectivity index (χ4n) is 4.87. The molecule has 0 bridgehead atoms. The molecule has 1 saturated heterocycles. The fourth-order valence-corrected chi connectivity index (χ4v) is 5.06. The summed E-state index contributed by atoms with van der Waals surface area (Å²) in [6.07, 6.45) is 1.71. The van der Waals surface area contributed by atoms with Crippen LogP contribution in [0.25, 0.3) is 22.8 Å². The normalized spacial score (nSPS) is 13.5. The molecule has 0 saturated carbocycles. The van der Waals surface area contributed by atoms with Gasteiger partial charge in [-0.25, -0.2) is 14.8 Å². The highest BCUT2D eigenvalue weighted by Gasteiger charge is 2.27. The summed E-state index contributed by atoms with van der Waals surface area (Å²) in [6.45, 7) is 9.49. The number of ether oxygens (including phenoxy) is 1. The molecule has 0 spiro atoms. The molecule has 2 aromatic heterocycles. The Bertz CT molecular complexity index is 1670. The average Bonchev–Trinajstić information content (AvgIpc) is 3.33. The van der Waals surface area contributed by atoms with Crippen LogP contribution in [0.4, 0.5) is 16.2 Å². The predicted molar refractivity (Wildman–Crippen MR) is 165 cm³/mol. The van der Waals surface area contributed by atoms with Crippen molar-refractivity contribution < 1.29 is 19.1 Å². The van der Waals surface area contributed by atoms with Crippen LogP contribution in [0.5, 0.6) is 0 Å². The van der Waals surface area contributed by atoms with Crippen molar-refractivity contribution in [1.82, 2.24) is 24.6 Å². The van der Waals surface area contributed by atoms with E-state index in [1.807, 2.05) is 58.0 Å². The monoisotopic (exact) mass is 601 g/mol. The molecule has 4 aromatic rings. The molecule has 1 aliphatic heterocycles. The molecule has 1 fully saturated rings. The molecule has 0 radical (unpaired) electrons. The Balaban J connectivity index is 1.35. The number of carbonyl (C=O) groups is 3. The minimum atomic E-state index is -0.560. The molecule has 2 aromatic carbocycles. The van der Waals surface area contributed by atoms with Crippen molar-refractivity contribution in [3.05, 3.63) is 77.1 Å². The van der Waals surface area contributed by atoms with Gasteiger partial charge in [-0.1, -0.05) is 35.9 Å². The number of para-hydroxylation sites is 2. The molecule has 0 atom stereocenters. The van der Waals surface area contributed by atoms with Gasteiger partial charge in [0.1, 0.15) is 17.0 Å². The van der Waals surface area contributed by atoms with Crippen molar-refractivity contribution in [2.75, 3.05) is 36.4 Å². The second kappa shape index (κ2) is 12.2. The van der Waals surface area contributed by atoms with Crippen LogP contribution in [0.3, 0.4) is 0 Å². The Labute approximate surface area is 254 Å². The molecular weight excluding hydrogens is 570 g/mol. The lowest BCUT2D eigenvalue weighted by Crippen LogP contribution is -2.50. The number of rotatable bonds is 6. The van der Waals surface area contributed by atoms with Crippen molar-refractivity contribution in [2.24, 2.45) is 0 Å². The number of hydrogen-bond acceptors (Lipinski definition) is 8. The molecular formula is C31H32ClN7O4. The molecule has 222 valence electrons. The minimum Gasteiger partial charge on any atom is -0.444 e. The topological polar surface area (TPSA) is 123 Å². The molecule has 11 nitrogen and oxygen atoms in total. The van der Waals surface area contributed by atoms with Crippen molar-refractivity contribution in [3.8, 4) is 22.8 Å². The molecule has 1 aliphatic rings. The number of aromatic nitrogens is 4. The fraction of sp³-hybridized carbons (Fsp3) is 0.290. The second-order valence-corrected chi connectivity index (χ2v) is 11.5. The van der Waals surface area contributed by atoms with Crippen LogP contribution in [0.1, 0.15) is 36.8 Å². The molecule has 5 rings (SSSR count). The van der Waals surface area contributed by atoms with Crippen molar-refractivity contribution >= 4 is 41.4 Å². The van der Waals surface area contributed by atoms with Gasteiger partial charge in [0.2, 0.25) is 6.41 Å². The summed E-state index contributed by atoms with van der Waals surface area (Å²) >= 11 is 6.17. The van der Waals surface area contributed by atoms with E-state index < -0.39 is 11.5 Å². The summed E-state index contributed by atoms with van der Waals surface area (Å²) in [5.74, 6) is -0.252. The summed E-state index contributed by atoms with van der Waals surface area (Å²) < 4.78 is 6.67. The third kappa shape index (κ3) is 6.67. The zero-order valence-corrected chi connectivity index (χ0v) is 25.1. The van der Waals surface area contributed by atoms with Crippen molar-refractivity contribution in [3.63, 3.8) is 0 Å². The van der Waals surface area contributed by atoms with E-state index in [-0.39, 0.29) is 17.6 Å². The Morgan fingerprint density at radius 3 is 2.47 bits per heavy atom. The number of amides is 2. The Hall–Kier alpha value is -4.77. The van der Waals surface area contributed by atoms with Crippen LogP contribution in [0, 0.1) is 6.92 Å². The number of anilines is 2. The Morgan fingerprint density at radius 1 is 1.02 bits per heavy atom. The number of hydrogen-bond donors (Lipinski definition) is 1. The maximum absolute atomic E-state index is 13.4. The molecule has 43 heavy (non-hydrogen) atoms. The van der Waals surface area contributed by atoms with Crippen LogP contribution in [0.2, 0.25) is 5.02 Å². The predicted octanol–water partition coefficient (Wildman–Crippen LogP) is 5.32. The zero-order valence-electron chi connectivity index (χ0n) is 24.4. The molecule has 2 amide bonds. The van der Waals surface area contributed by atoms with E-state index >= 15 is 0 Å². The molecule has 0 aliphatic carbocycles. The zero-order chi connectivity index (χ0) is 30.7. The lowest BCUT2D eigenvalue weighted by Gasteiger charge is -2.37. The van der Waals surface area contributed by atoms with E-state index in [2.05, 4.69) is 25.3 Å². The highest BCUT2D eigenvalue weighted by Crippen LogP contribution is 2.31. The summed E-state index contributed by atoms with van der Waals surface area (Å²) in [5.41, 5.74) is 3.34. The van der Waals surface area contributed by atoms with Gasteiger partial charge in [-0.3, -0.25) is 9.59 Å². The van der Waals surface area contributed by atoms with Crippen molar-refractivity contribution in [2.45, 2.75) is 33.3 Å². The van der Waals surface area contributed by atoms with Gasteiger partial charge in [0.05, 0.1) is 17.1 Å². The van der Waals surface area contributed by atoms with Crippen LogP contribution < -0.4 is 10.2 Å². The number of halogens is 1. The van der Waals surface area contributed by atoms with Crippen LogP contribution in [-0.2, 0) is 9.53 Å². The van der Waals surface area contributed by atoms with E-state index in [1.165, 1.54) is 12.3 Å². The standard InChI is InChI=1S/C31H32ClN7O4/c1-20-26(21-8-7-9-22(32)18-21)36-39(19-40)27(20)28-33-13-12-24(34-28)29(41)35-23-10-5-6-11-25(23)37-14-16-38(17-15-37)30(42)43-31(2,3)4/h5-13,18-19H,14-17H2,1-4H3,(H,35,41). The second-order valence-electron chi connectivity index (χ2n) is 11.1. The summed E-state index contributed by atoms with van der Waals surface area (Å²) in [6, 6.07) is 16.2. The first-order chi connectivity index (χ1) is 20.5. The quantitative estimate of drug-likeness (QED) is 0.295. The Kier molecular flexibility index (Phi) is 8.45. The smallest absolute Gasteiger partial charge is 0.410 e. The third-order valence-electron chi connectivity index (χ3n) is 6.87. The van der Waals surface area contributed by atoms with Crippen LogP contribution in [-0.4, -0.2) is 74.8 Å². The number of nitrogens with one attached hydrogen (secondary N) is 1. The van der Waals surface area contributed by atoms with E-state index in [9.17, 15) is 14.4 Å². The highest BCUT2D eigenvalue weighted by molar-refractivity contribution is 6.30. The first-order valence-corrected chi connectivity index (χ1v) is 14.2. The van der Waals surface area contributed by atoms with E-state index in [0.717, 1.165) is 15.9 Å². The van der Waals surface area contributed by atoms with Gasteiger partial charge in [-0.15, -0.1) is 0 Å². The number of piperazine rings is 1. The number of benzene rings is 2. The van der Waals surface area contributed by atoms with Gasteiger partial charge in [-0.2, -0.15) is 9.78 Å². The largest absolute Gasteiger partial charge is 0.444 e. The van der Waals surface area contributed by atoms with Gasteiger partial charge in [0, 0.05) is 48.5 Å². The van der Waals surface area contributed by atoms with Crippen molar-refractivity contribution in [1.29, 1.82) is 0 Å². The van der Waals surface area contributed by atoms with Gasteiger partial charge in [0.25, 0.3) is 5.91 Å². The SMILES string of the molecule is Cc1c(-c2cccc(Cl)c2)nn(C=O)c1-c1nccc(C(=O)Nc2ccccc2N2CCN(C(=O)OC(C)(C)C)CC2)n1. The third-order valence-corrected chi connectivity index (χ3v) is 7.10. The summed E-state index contributed by atoms with van der Waals surface area (Å²) in [4.78, 5) is 50.5. The van der Waals surface area contributed by atoms with E-state index in [0.29, 0.717) is 60.3 Å². The molecule has 3 heterocycles. The average molecular weight is 602 g/mol. The molecule has 12 heteroatoms. The van der Waals surface area contributed by atoms with Gasteiger partial charge >= 0.3 is 6.09 Å². The van der Waals surface area contributed by atoms with E-state index in [1.54, 1.807) is 23.1 Å². The molecule has 1 N–H and O–H groups in total. The number of nitrogens with zero attached hydrogens (tertiary/aromatic N) is 6. The lowest BCUT2D eigenvalue weighted by molar-refractivity contribution is 0.0240. The molecule has 0 unspecified atom stereocenters.